The maximum atomic E-state index is 4.55. The molecule has 1 aromatic heterocycles. The molecule has 0 aliphatic rings. The molecule has 0 amide bonds. The monoisotopic (exact) mass is 194 g/mol. The fourth-order valence-electron chi connectivity index (χ4n) is 1.64. The molecule has 0 fully saturated rings. The minimum Gasteiger partial charge on any atom is -0.273 e. The number of aryl methyl sites for hydroxylation is 2. The van der Waals surface area contributed by atoms with Crippen LogP contribution >= 0.6 is 0 Å². The van der Waals surface area contributed by atoms with Crippen molar-refractivity contribution in [3.63, 3.8) is 0 Å². The average molecular weight is 194 g/mol. The van der Waals surface area contributed by atoms with E-state index in [1.54, 1.807) is 0 Å². The highest BCUT2D eigenvalue weighted by atomic mass is 15.3. The molecular formula is C12H22N2. The summed E-state index contributed by atoms with van der Waals surface area (Å²) in [6, 6.07) is 2.20. The molecule has 0 radical (unpaired) electrons. The first-order chi connectivity index (χ1) is 6.47. The molecule has 0 aliphatic heterocycles. The Balaban J connectivity index is 2.80. The summed E-state index contributed by atoms with van der Waals surface area (Å²) in [5.74, 6) is 0. The van der Waals surface area contributed by atoms with Crippen molar-refractivity contribution in [3.8, 4) is 0 Å². The van der Waals surface area contributed by atoms with Gasteiger partial charge in [0.25, 0.3) is 0 Å². The molecule has 0 saturated heterocycles. The lowest BCUT2D eigenvalue weighted by Gasteiger charge is -2.21. The molecule has 2 heteroatoms. The number of aromatic nitrogens is 2. The van der Waals surface area contributed by atoms with E-state index in [-0.39, 0.29) is 5.41 Å². The summed E-state index contributed by atoms with van der Waals surface area (Å²) in [5, 5.41) is 4.55. The van der Waals surface area contributed by atoms with E-state index in [1.165, 1.54) is 30.7 Å². The third-order valence-corrected chi connectivity index (χ3v) is 2.96. The van der Waals surface area contributed by atoms with Crippen LogP contribution in [0.3, 0.4) is 0 Å². The summed E-state index contributed by atoms with van der Waals surface area (Å²) in [4.78, 5) is 0. The van der Waals surface area contributed by atoms with Crippen LogP contribution in [0.5, 0.6) is 0 Å². The van der Waals surface area contributed by atoms with Crippen LogP contribution in [0.4, 0.5) is 0 Å². The van der Waals surface area contributed by atoms with E-state index < -0.39 is 0 Å². The molecule has 0 unspecified atom stereocenters. The molecule has 1 aromatic rings. The number of unbranched alkanes of at least 4 members (excludes halogenated alkanes) is 1. The highest BCUT2D eigenvalue weighted by Gasteiger charge is 2.23. The number of nitrogens with zero attached hydrogens (tertiary/aromatic N) is 2. The molecule has 0 aliphatic carbocycles. The first-order valence-corrected chi connectivity index (χ1v) is 5.48. The first kappa shape index (κ1) is 11.3. The molecule has 0 spiro atoms. The third kappa shape index (κ3) is 2.37. The van der Waals surface area contributed by atoms with Gasteiger partial charge >= 0.3 is 0 Å². The van der Waals surface area contributed by atoms with Crippen LogP contribution in [0.2, 0.25) is 0 Å². The predicted molar refractivity (Wildman–Crippen MR) is 60.5 cm³/mol. The zero-order valence-electron chi connectivity index (χ0n) is 10.1. The van der Waals surface area contributed by atoms with Gasteiger partial charge in [0.1, 0.15) is 0 Å². The van der Waals surface area contributed by atoms with Gasteiger partial charge in [-0.05, 0) is 19.4 Å². The Labute approximate surface area is 87.3 Å². The van der Waals surface area contributed by atoms with Gasteiger partial charge in [0, 0.05) is 18.2 Å². The third-order valence-electron chi connectivity index (χ3n) is 2.96. The first-order valence-electron chi connectivity index (χ1n) is 5.48. The molecule has 2 nitrogen and oxygen atoms in total. The minimum atomic E-state index is 0.224. The van der Waals surface area contributed by atoms with E-state index >= 15 is 0 Å². The Morgan fingerprint density at radius 2 is 2.07 bits per heavy atom. The Morgan fingerprint density at radius 1 is 1.43 bits per heavy atom. The molecule has 0 bridgehead atoms. The van der Waals surface area contributed by atoms with Crippen molar-refractivity contribution in [2.24, 2.45) is 7.05 Å². The smallest absolute Gasteiger partial charge is 0.0683 e. The molecule has 0 atom stereocenters. The molecule has 1 heterocycles. The van der Waals surface area contributed by atoms with Crippen LogP contribution in [-0.4, -0.2) is 9.78 Å². The van der Waals surface area contributed by atoms with Crippen molar-refractivity contribution in [2.75, 3.05) is 0 Å². The van der Waals surface area contributed by atoms with Crippen LogP contribution in [0.25, 0.3) is 0 Å². The quantitative estimate of drug-likeness (QED) is 0.719. The van der Waals surface area contributed by atoms with Crippen molar-refractivity contribution in [3.05, 3.63) is 17.5 Å². The Bertz CT molecular complexity index is 278. The van der Waals surface area contributed by atoms with E-state index in [2.05, 4.69) is 38.9 Å². The van der Waals surface area contributed by atoms with Gasteiger partial charge in [0.15, 0.2) is 0 Å². The van der Waals surface area contributed by atoms with Crippen LogP contribution in [0.15, 0.2) is 6.07 Å². The van der Waals surface area contributed by atoms with Crippen molar-refractivity contribution < 1.29 is 0 Å². The van der Waals surface area contributed by atoms with Crippen LogP contribution < -0.4 is 0 Å². The number of rotatable bonds is 4. The standard InChI is InChI=1S/C12H22N2/c1-6-7-8-12(3,4)11-9-10(2)14(5)13-11/h9H,6-8H2,1-5H3. The molecule has 1 rings (SSSR count). The van der Waals surface area contributed by atoms with E-state index in [9.17, 15) is 0 Å². The van der Waals surface area contributed by atoms with Crippen molar-refractivity contribution in [2.45, 2.75) is 52.4 Å². The zero-order valence-corrected chi connectivity index (χ0v) is 10.1. The molecule has 14 heavy (non-hydrogen) atoms. The van der Waals surface area contributed by atoms with Gasteiger partial charge in [0.05, 0.1) is 5.69 Å². The summed E-state index contributed by atoms with van der Waals surface area (Å²) < 4.78 is 1.96. The normalized spacial score (nSPS) is 12.1. The van der Waals surface area contributed by atoms with Crippen LogP contribution in [0.1, 0.15) is 51.4 Å². The molecule has 0 N–H and O–H groups in total. The van der Waals surface area contributed by atoms with Crippen LogP contribution in [0, 0.1) is 6.92 Å². The lowest BCUT2D eigenvalue weighted by atomic mass is 9.84. The van der Waals surface area contributed by atoms with Gasteiger partial charge in [-0.25, -0.2) is 0 Å². The van der Waals surface area contributed by atoms with Gasteiger partial charge in [-0.2, -0.15) is 5.10 Å². The van der Waals surface area contributed by atoms with Gasteiger partial charge in [-0.3, -0.25) is 4.68 Å². The largest absolute Gasteiger partial charge is 0.273 e. The molecule has 0 aromatic carbocycles. The molecule has 0 saturated carbocycles. The summed E-state index contributed by atoms with van der Waals surface area (Å²) >= 11 is 0. The maximum Gasteiger partial charge on any atom is 0.0683 e. The summed E-state index contributed by atoms with van der Waals surface area (Å²) in [6.07, 6.45) is 3.76. The summed E-state index contributed by atoms with van der Waals surface area (Å²) in [7, 11) is 2.01. The second-order valence-electron chi connectivity index (χ2n) is 4.78. The second kappa shape index (κ2) is 4.16. The fourth-order valence-corrected chi connectivity index (χ4v) is 1.64. The maximum absolute atomic E-state index is 4.55. The Kier molecular flexibility index (Phi) is 3.35. The van der Waals surface area contributed by atoms with E-state index in [1.807, 2.05) is 11.7 Å². The van der Waals surface area contributed by atoms with Gasteiger partial charge in [-0.15, -0.1) is 0 Å². The lowest BCUT2D eigenvalue weighted by molar-refractivity contribution is 0.440. The van der Waals surface area contributed by atoms with Gasteiger partial charge < -0.3 is 0 Å². The zero-order chi connectivity index (χ0) is 10.8. The van der Waals surface area contributed by atoms with Crippen molar-refractivity contribution in [1.82, 2.24) is 9.78 Å². The predicted octanol–water partition coefficient (Wildman–Crippen LogP) is 3.20. The highest BCUT2D eigenvalue weighted by molar-refractivity contribution is 5.17. The van der Waals surface area contributed by atoms with E-state index in [0.29, 0.717) is 0 Å². The Morgan fingerprint density at radius 3 is 2.50 bits per heavy atom. The van der Waals surface area contributed by atoms with Gasteiger partial charge in [-0.1, -0.05) is 33.6 Å². The van der Waals surface area contributed by atoms with E-state index in [0.717, 1.165) is 0 Å². The SMILES string of the molecule is CCCCC(C)(C)c1cc(C)n(C)n1. The van der Waals surface area contributed by atoms with E-state index in [4.69, 9.17) is 0 Å². The lowest BCUT2D eigenvalue weighted by Crippen LogP contribution is -2.18. The summed E-state index contributed by atoms with van der Waals surface area (Å²) in [5.41, 5.74) is 2.69. The van der Waals surface area contributed by atoms with Crippen LogP contribution in [-0.2, 0) is 12.5 Å². The Hall–Kier alpha value is -0.790. The number of hydrogen-bond donors (Lipinski definition) is 0. The molecular weight excluding hydrogens is 172 g/mol. The second-order valence-corrected chi connectivity index (χ2v) is 4.78. The van der Waals surface area contributed by atoms with Crippen molar-refractivity contribution in [1.29, 1.82) is 0 Å². The number of hydrogen-bond acceptors (Lipinski definition) is 1. The topological polar surface area (TPSA) is 17.8 Å². The summed E-state index contributed by atoms with van der Waals surface area (Å²) in [6.45, 7) is 8.90. The fraction of sp³-hybridized carbons (Fsp3) is 0.750. The highest BCUT2D eigenvalue weighted by Crippen LogP contribution is 2.28. The molecule has 80 valence electrons. The van der Waals surface area contributed by atoms with Gasteiger partial charge in [0.2, 0.25) is 0 Å². The average Bonchev–Trinajstić information content (AvgIpc) is 2.45. The minimum absolute atomic E-state index is 0.224. The van der Waals surface area contributed by atoms with Crippen molar-refractivity contribution >= 4 is 0 Å².